The quantitative estimate of drug-likeness (QED) is 0.386. The number of aromatic hydroxyl groups is 1. The number of aliphatic hydroxyl groups is 1. The third kappa shape index (κ3) is 4.41. The van der Waals surface area contributed by atoms with E-state index in [1.54, 1.807) is 18.2 Å². The smallest absolute Gasteiger partial charge is 0.418 e. The number of ether oxygens (including phenoxy) is 1. The highest BCUT2D eigenvalue weighted by atomic mass is 19.4. The molecule has 0 amide bonds. The monoisotopic (exact) mass is 440 g/mol. The molecule has 1 atom stereocenters. The van der Waals surface area contributed by atoms with Crippen molar-refractivity contribution in [2.75, 3.05) is 19.0 Å². The van der Waals surface area contributed by atoms with E-state index in [-0.39, 0.29) is 17.2 Å². The molecule has 0 aliphatic heterocycles. The molecular weight excluding hydrogens is 416 g/mol. The second-order valence-electron chi connectivity index (χ2n) is 8.19. The summed E-state index contributed by atoms with van der Waals surface area (Å²) < 4.78 is 61.0. The molecule has 0 aliphatic rings. The molecule has 0 fully saturated rings. The Morgan fingerprint density at radius 2 is 1.81 bits per heavy atom. The third-order valence-electron chi connectivity index (χ3n) is 5.44. The van der Waals surface area contributed by atoms with Crippen LogP contribution in [0.1, 0.15) is 25.8 Å². The topological polar surface area (TPSA) is 77.5 Å². The van der Waals surface area contributed by atoms with Gasteiger partial charge in [0.1, 0.15) is 11.6 Å². The van der Waals surface area contributed by atoms with Gasteiger partial charge in [-0.3, -0.25) is 0 Å². The van der Waals surface area contributed by atoms with E-state index in [0.717, 1.165) is 12.1 Å². The highest BCUT2D eigenvalue weighted by Crippen LogP contribution is 2.44. The van der Waals surface area contributed by atoms with Crippen LogP contribution < -0.4 is 10.1 Å². The molecule has 0 aliphatic carbocycles. The van der Waals surface area contributed by atoms with E-state index in [9.17, 15) is 27.8 Å². The molecule has 3 aromatic rings. The van der Waals surface area contributed by atoms with Crippen molar-refractivity contribution in [1.82, 2.24) is 4.98 Å². The standard InChI is InChI=1S/C22H24F4N2O3/c1-20(2,16-9-13(23)7-8-18(16)31-3)11-21(30,22(24,25)26)12-28-17-6-4-5-14-15(17)10-27-19(14)29/h4-10,27-30H,11-12H2,1-3H3. The van der Waals surface area contributed by atoms with Gasteiger partial charge in [-0.25, -0.2) is 4.39 Å². The van der Waals surface area contributed by atoms with E-state index in [2.05, 4.69) is 10.3 Å². The minimum absolute atomic E-state index is 0.107. The van der Waals surface area contributed by atoms with Crippen molar-refractivity contribution in [2.24, 2.45) is 0 Å². The van der Waals surface area contributed by atoms with Gasteiger partial charge in [0.25, 0.3) is 0 Å². The summed E-state index contributed by atoms with van der Waals surface area (Å²) >= 11 is 0. The summed E-state index contributed by atoms with van der Waals surface area (Å²) in [6.07, 6.45) is -4.25. The highest BCUT2D eigenvalue weighted by Gasteiger charge is 2.56. The van der Waals surface area contributed by atoms with Crippen molar-refractivity contribution < 1.29 is 32.5 Å². The predicted molar refractivity (Wildman–Crippen MR) is 110 cm³/mol. The van der Waals surface area contributed by atoms with Crippen molar-refractivity contribution in [3.63, 3.8) is 0 Å². The van der Waals surface area contributed by atoms with E-state index in [1.807, 2.05) is 0 Å². The average molecular weight is 440 g/mol. The Bertz CT molecular complexity index is 1080. The van der Waals surface area contributed by atoms with Gasteiger partial charge in [-0.05, 0) is 42.2 Å². The number of hydrogen-bond donors (Lipinski definition) is 4. The van der Waals surface area contributed by atoms with Crippen LogP contribution in [0.2, 0.25) is 0 Å². The Balaban J connectivity index is 1.93. The second kappa shape index (κ2) is 7.96. The number of H-pyrrole nitrogens is 1. The van der Waals surface area contributed by atoms with Crippen LogP contribution in [0.15, 0.2) is 42.6 Å². The minimum Gasteiger partial charge on any atom is -0.496 e. The first kappa shape index (κ1) is 22.7. The lowest BCUT2D eigenvalue weighted by atomic mass is 9.74. The van der Waals surface area contributed by atoms with Crippen LogP contribution in [0, 0.1) is 5.82 Å². The maximum Gasteiger partial charge on any atom is 0.418 e. The molecule has 2 aromatic carbocycles. The number of halogens is 4. The summed E-state index contributed by atoms with van der Waals surface area (Å²) in [7, 11) is 1.34. The number of anilines is 1. The van der Waals surface area contributed by atoms with Gasteiger partial charge in [-0.15, -0.1) is 0 Å². The van der Waals surface area contributed by atoms with Gasteiger partial charge < -0.3 is 25.3 Å². The van der Waals surface area contributed by atoms with Crippen molar-refractivity contribution in [3.8, 4) is 11.6 Å². The molecule has 3 rings (SSSR count). The van der Waals surface area contributed by atoms with Crippen molar-refractivity contribution >= 4 is 16.5 Å². The van der Waals surface area contributed by atoms with Gasteiger partial charge in [-0.1, -0.05) is 19.9 Å². The van der Waals surface area contributed by atoms with Crippen LogP contribution in [-0.2, 0) is 5.41 Å². The molecule has 0 radical (unpaired) electrons. The molecule has 168 valence electrons. The van der Waals surface area contributed by atoms with Gasteiger partial charge >= 0.3 is 6.18 Å². The molecule has 1 aromatic heterocycles. The van der Waals surface area contributed by atoms with Gasteiger partial charge in [0.2, 0.25) is 0 Å². The molecule has 0 spiro atoms. The Morgan fingerprint density at radius 3 is 2.45 bits per heavy atom. The summed E-state index contributed by atoms with van der Waals surface area (Å²) in [6, 6.07) is 8.35. The normalized spacial score (nSPS) is 14.5. The number of benzene rings is 2. The summed E-state index contributed by atoms with van der Waals surface area (Å²) in [5.74, 6) is -0.489. The number of aromatic nitrogens is 1. The van der Waals surface area contributed by atoms with Crippen LogP contribution in [0.5, 0.6) is 11.6 Å². The van der Waals surface area contributed by atoms with Crippen LogP contribution in [-0.4, -0.2) is 40.6 Å². The average Bonchev–Trinajstić information content (AvgIpc) is 3.07. The van der Waals surface area contributed by atoms with Gasteiger partial charge in [0.15, 0.2) is 11.5 Å². The molecule has 1 unspecified atom stereocenters. The first-order chi connectivity index (χ1) is 14.4. The third-order valence-corrected chi connectivity index (χ3v) is 5.44. The SMILES string of the molecule is COc1ccc(F)cc1C(C)(C)CC(O)(CNc1cccc2c(O)[nH]cc12)C(F)(F)F. The molecule has 0 saturated heterocycles. The molecule has 31 heavy (non-hydrogen) atoms. The molecule has 5 nitrogen and oxygen atoms in total. The number of methoxy groups -OCH3 is 1. The summed E-state index contributed by atoms with van der Waals surface area (Å²) in [5.41, 5.74) is -3.88. The fourth-order valence-electron chi connectivity index (χ4n) is 3.84. The lowest BCUT2D eigenvalue weighted by Gasteiger charge is -2.38. The number of nitrogens with one attached hydrogen (secondary N) is 2. The molecule has 0 bridgehead atoms. The van der Waals surface area contributed by atoms with Crippen molar-refractivity contribution in [1.29, 1.82) is 0 Å². The largest absolute Gasteiger partial charge is 0.496 e. The number of hydrogen-bond acceptors (Lipinski definition) is 4. The zero-order valence-electron chi connectivity index (χ0n) is 17.3. The number of aromatic amines is 1. The van der Waals surface area contributed by atoms with Crippen LogP contribution in [0.25, 0.3) is 10.8 Å². The van der Waals surface area contributed by atoms with E-state index in [0.29, 0.717) is 16.5 Å². The summed E-state index contributed by atoms with van der Waals surface area (Å²) in [5, 5.41) is 24.1. The molecule has 1 heterocycles. The fraction of sp³-hybridized carbons (Fsp3) is 0.364. The van der Waals surface area contributed by atoms with E-state index >= 15 is 0 Å². The fourth-order valence-corrected chi connectivity index (χ4v) is 3.84. The number of alkyl halides is 3. The summed E-state index contributed by atoms with van der Waals surface area (Å²) in [4.78, 5) is 2.60. The number of fused-ring (bicyclic) bond motifs is 1. The van der Waals surface area contributed by atoms with Crippen molar-refractivity contribution in [2.45, 2.75) is 37.5 Å². The molecular formula is C22H24F4N2O3. The molecule has 9 heteroatoms. The number of rotatable bonds is 7. The second-order valence-corrected chi connectivity index (χ2v) is 8.19. The lowest BCUT2D eigenvalue weighted by Crippen LogP contribution is -2.53. The van der Waals surface area contributed by atoms with E-state index < -0.39 is 36.0 Å². The predicted octanol–water partition coefficient (Wildman–Crippen LogP) is 5.09. The maximum absolute atomic E-state index is 14.0. The van der Waals surface area contributed by atoms with Crippen LogP contribution >= 0.6 is 0 Å². The first-order valence-corrected chi connectivity index (χ1v) is 9.54. The highest BCUT2D eigenvalue weighted by molar-refractivity contribution is 5.97. The van der Waals surface area contributed by atoms with Crippen molar-refractivity contribution in [3.05, 3.63) is 54.0 Å². The molecule has 0 saturated carbocycles. The summed E-state index contributed by atoms with van der Waals surface area (Å²) in [6.45, 7) is 2.14. The van der Waals surface area contributed by atoms with Gasteiger partial charge in [0, 0.05) is 28.2 Å². The zero-order chi connectivity index (χ0) is 23.0. The Labute approximate surface area is 176 Å². The first-order valence-electron chi connectivity index (χ1n) is 9.54. The van der Waals surface area contributed by atoms with Gasteiger partial charge in [-0.2, -0.15) is 13.2 Å². The minimum atomic E-state index is -4.97. The van der Waals surface area contributed by atoms with Crippen LogP contribution in [0.4, 0.5) is 23.2 Å². The van der Waals surface area contributed by atoms with Crippen LogP contribution in [0.3, 0.4) is 0 Å². The van der Waals surface area contributed by atoms with E-state index in [4.69, 9.17) is 4.74 Å². The Kier molecular flexibility index (Phi) is 5.84. The molecule has 4 N–H and O–H groups in total. The van der Waals surface area contributed by atoms with E-state index in [1.165, 1.54) is 33.2 Å². The Hall–Kier alpha value is -2.94. The van der Waals surface area contributed by atoms with Gasteiger partial charge in [0.05, 0.1) is 13.7 Å². The zero-order valence-corrected chi connectivity index (χ0v) is 17.3. The Morgan fingerprint density at radius 1 is 1.10 bits per heavy atom. The maximum atomic E-state index is 14.0. The lowest BCUT2D eigenvalue weighted by molar-refractivity contribution is -0.260.